The maximum absolute atomic E-state index is 4.50. The van der Waals surface area contributed by atoms with Crippen molar-refractivity contribution in [2.24, 2.45) is 0 Å². The molecule has 1 aliphatic heterocycles. The standard InChI is InChI=1S/C10H16N4/c1-11-8-9-12-5-4-10(13-9)14-6-2-3-7-14/h4-5,11H,2-3,6-8H2,1H3. The largest absolute Gasteiger partial charge is 0.357 e. The van der Waals surface area contributed by atoms with Crippen LogP contribution in [0.2, 0.25) is 0 Å². The number of rotatable bonds is 3. The molecule has 0 spiro atoms. The molecule has 14 heavy (non-hydrogen) atoms. The molecule has 1 aromatic heterocycles. The molecule has 0 atom stereocenters. The third-order valence-electron chi connectivity index (χ3n) is 2.46. The van der Waals surface area contributed by atoms with Gasteiger partial charge in [-0.3, -0.25) is 0 Å². The van der Waals surface area contributed by atoms with Gasteiger partial charge in [0.25, 0.3) is 0 Å². The van der Waals surface area contributed by atoms with Gasteiger partial charge in [-0.05, 0) is 26.0 Å². The Labute approximate surface area is 84.4 Å². The lowest BCUT2D eigenvalue weighted by Crippen LogP contribution is -2.20. The Kier molecular flexibility index (Phi) is 2.93. The molecular weight excluding hydrogens is 176 g/mol. The predicted molar refractivity (Wildman–Crippen MR) is 56.2 cm³/mol. The first-order valence-electron chi connectivity index (χ1n) is 5.11. The van der Waals surface area contributed by atoms with Crippen LogP contribution in [0.3, 0.4) is 0 Å². The van der Waals surface area contributed by atoms with Crippen molar-refractivity contribution in [3.8, 4) is 0 Å². The Hall–Kier alpha value is -1.16. The average Bonchev–Trinajstić information content (AvgIpc) is 2.71. The van der Waals surface area contributed by atoms with Crippen molar-refractivity contribution in [1.29, 1.82) is 0 Å². The van der Waals surface area contributed by atoms with E-state index in [1.807, 2.05) is 19.3 Å². The Bertz CT molecular complexity index is 294. The molecule has 1 aromatic rings. The molecule has 0 aliphatic carbocycles. The fourth-order valence-electron chi connectivity index (χ4n) is 1.75. The number of nitrogens with zero attached hydrogens (tertiary/aromatic N) is 3. The molecule has 2 heterocycles. The van der Waals surface area contributed by atoms with Gasteiger partial charge in [0.1, 0.15) is 11.6 Å². The first-order chi connectivity index (χ1) is 6.90. The second-order valence-corrected chi connectivity index (χ2v) is 3.56. The zero-order chi connectivity index (χ0) is 9.80. The maximum atomic E-state index is 4.50. The van der Waals surface area contributed by atoms with Crippen molar-refractivity contribution in [2.45, 2.75) is 19.4 Å². The Morgan fingerprint density at radius 3 is 2.93 bits per heavy atom. The molecule has 0 aromatic carbocycles. The fourth-order valence-corrected chi connectivity index (χ4v) is 1.75. The van der Waals surface area contributed by atoms with E-state index >= 15 is 0 Å². The van der Waals surface area contributed by atoms with Gasteiger partial charge >= 0.3 is 0 Å². The van der Waals surface area contributed by atoms with Gasteiger partial charge in [0.05, 0.1) is 6.54 Å². The number of aromatic nitrogens is 2. The second-order valence-electron chi connectivity index (χ2n) is 3.56. The summed E-state index contributed by atoms with van der Waals surface area (Å²) in [5.74, 6) is 1.94. The highest BCUT2D eigenvalue weighted by Gasteiger charge is 2.13. The zero-order valence-electron chi connectivity index (χ0n) is 8.53. The van der Waals surface area contributed by atoms with Crippen LogP contribution in [0.4, 0.5) is 5.82 Å². The van der Waals surface area contributed by atoms with Crippen LogP contribution < -0.4 is 10.2 Å². The summed E-state index contributed by atoms with van der Waals surface area (Å²) in [6, 6.07) is 1.99. The highest BCUT2D eigenvalue weighted by Crippen LogP contribution is 2.16. The molecule has 4 nitrogen and oxygen atoms in total. The third-order valence-corrected chi connectivity index (χ3v) is 2.46. The summed E-state index contributed by atoms with van der Waals surface area (Å²) in [5.41, 5.74) is 0. The molecule has 4 heteroatoms. The lowest BCUT2D eigenvalue weighted by Gasteiger charge is -2.16. The van der Waals surface area contributed by atoms with E-state index in [0.717, 1.165) is 31.3 Å². The van der Waals surface area contributed by atoms with E-state index in [4.69, 9.17) is 0 Å². The monoisotopic (exact) mass is 192 g/mol. The van der Waals surface area contributed by atoms with Gasteiger partial charge < -0.3 is 10.2 Å². The first kappa shape index (κ1) is 9.40. The minimum absolute atomic E-state index is 0.738. The first-order valence-corrected chi connectivity index (χ1v) is 5.11. The van der Waals surface area contributed by atoms with Crippen molar-refractivity contribution < 1.29 is 0 Å². The zero-order valence-corrected chi connectivity index (χ0v) is 8.53. The fraction of sp³-hybridized carbons (Fsp3) is 0.600. The molecule has 0 unspecified atom stereocenters. The second kappa shape index (κ2) is 4.37. The van der Waals surface area contributed by atoms with Gasteiger partial charge in [-0.2, -0.15) is 0 Å². The van der Waals surface area contributed by atoms with Crippen LogP contribution in [0, 0.1) is 0 Å². The van der Waals surface area contributed by atoms with E-state index in [1.165, 1.54) is 12.8 Å². The van der Waals surface area contributed by atoms with Crippen molar-refractivity contribution in [3.63, 3.8) is 0 Å². The Morgan fingerprint density at radius 1 is 1.43 bits per heavy atom. The molecule has 1 aliphatic rings. The minimum atomic E-state index is 0.738. The summed E-state index contributed by atoms with van der Waals surface area (Å²) in [6.45, 7) is 3.01. The lowest BCUT2D eigenvalue weighted by atomic mass is 10.4. The summed E-state index contributed by atoms with van der Waals surface area (Å²) in [7, 11) is 1.91. The Morgan fingerprint density at radius 2 is 2.21 bits per heavy atom. The predicted octanol–water partition coefficient (Wildman–Crippen LogP) is 0.796. The molecule has 2 rings (SSSR count). The molecule has 0 amide bonds. The average molecular weight is 192 g/mol. The summed E-state index contributed by atoms with van der Waals surface area (Å²) >= 11 is 0. The molecule has 1 fully saturated rings. The highest BCUT2D eigenvalue weighted by atomic mass is 15.2. The van der Waals surface area contributed by atoms with Crippen molar-refractivity contribution in [1.82, 2.24) is 15.3 Å². The number of hydrogen-bond acceptors (Lipinski definition) is 4. The molecule has 76 valence electrons. The van der Waals surface area contributed by atoms with Crippen LogP contribution in [0.5, 0.6) is 0 Å². The van der Waals surface area contributed by atoms with Gasteiger partial charge in [-0.25, -0.2) is 9.97 Å². The van der Waals surface area contributed by atoms with E-state index in [2.05, 4.69) is 20.2 Å². The van der Waals surface area contributed by atoms with Crippen LogP contribution in [-0.4, -0.2) is 30.1 Å². The molecule has 0 radical (unpaired) electrons. The number of nitrogens with one attached hydrogen (secondary N) is 1. The molecular formula is C10H16N4. The number of anilines is 1. The number of hydrogen-bond donors (Lipinski definition) is 1. The van der Waals surface area contributed by atoms with Gasteiger partial charge in [-0.1, -0.05) is 0 Å². The SMILES string of the molecule is CNCc1nccc(N2CCCC2)n1. The quantitative estimate of drug-likeness (QED) is 0.769. The maximum Gasteiger partial charge on any atom is 0.144 e. The highest BCUT2D eigenvalue weighted by molar-refractivity contribution is 5.38. The van der Waals surface area contributed by atoms with E-state index < -0.39 is 0 Å². The summed E-state index contributed by atoms with van der Waals surface area (Å²) in [4.78, 5) is 11.0. The molecule has 0 saturated carbocycles. The van der Waals surface area contributed by atoms with Gasteiger partial charge in [0, 0.05) is 19.3 Å². The topological polar surface area (TPSA) is 41.1 Å². The van der Waals surface area contributed by atoms with Crippen LogP contribution >= 0.6 is 0 Å². The smallest absolute Gasteiger partial charge is 0.144 e. The van der Waals surface area contributed by atoms with Crippen LogP contribution in [0.25, 0.3) is 0 Å². The van der Waals surface area contributed by atoms with Gasteiger partial charge in [-0.15, -0.1) is 0 Å². The van der Waals surface area contributed by atoms with Crippen LogP contribution in [0.1, 0.15) is 18.7 Å². The van der Waals surface area contributed by atoms with Gasteiger partial charge in [0.15, 0.2) is 0 Å². The summed E-state index contributed by atoms with van der Waals surface area (Å²) < 4.78 is 0. The summed E-state index contributed by atoms with van der Waals surface area (Å²) in [5, 5.41) is 3.06. The third kappa shape index (κ3) is 2.01. The molecule has 0 bridgehead atoms. The van der Waals surface area contributed by atoms with Crippen molar-refractivity contribution >= 4 is 5.82 Å². The van der Waals surface area contributed by atoms with E-state index in [-0.39, 0.29) is 0 Å². The van der Waals surface area contributed by atoms with E-state index in [0.29, 0.717) is 0 Å². The lowest BCUT2D eigenvalue weighted by molar-refractivity contribution is 0.752. The molecule has 1 N–H and O–H groups in total. The molecule has 1 saturated heterocycles. The van der Waals surface area contributed by atoms with Crippen molar-refractivity contribution in [3.05, 3.63) is 18.1 Å². The summed E-state index contributed by atoms with van der Waals surface area (Å²) in [6.07, 6.45) is 4.41. The van der Waals surface area contributed by atoms with E-state index in [9.17, 15) is 0 Å². The Balaban J connectivity index is 2.12. The minimum Gasteiger partial charge on any atom is -0.357 e. The van der Waals surface area contributed by atoms with Crippen molar-refractivity contribution in [2.75, 3.05) is 25.0 Å². The van der Waals surface area contributed by atoms with Crippen LogP contribution in [-0.2, 0) is 6.54 Å². The van der Waals surface area contributed by atoms with Gasteiger partial charge in [0.2, 0.25) is 0 Å². The normalized spacial score (nSPS) is 16.2. The van der Waals surface area contributed by atoms with Crippen LogP contribution in [0.15, 0.2) is 12.3 Å². The van der Waals surface area contributed by atoms with E-state index in [1.54, 1.807) is 0 Å².